The molecule has 120 valence electrons. The molecule has 3 fully saturated rings. The highest BCUT2D eigenvalue weighted by Gasteiger charge is 2.75. The number of carbonyl (C=O) groups excluding carboxylic acids is 1. The van der Waals surface area contributed by atoms with Crippen molar-refractivity contribution in [1.29, 1.82) is 0 Å². The number of esters is 1. The van der Waals surface area contributed by atoms with Gasteiger partial charge >= 0.3 is 21.3 Å². The van der Waals surface area contributed by atoms with E-state index in [0.717, 1.165) is 0 Å². The van der Waals surface area contributed by atoms with Gasteiger partial charge in [0.25, 0.3) is 15.9 Å². The van der Waals surface area contributed by atoms with Crippen LogP contribution in [0.5, 0.6) is 0 Å². The molecule has 2 bridgehead atoms. The SMILES string of the molecule is O=C(OC12OC3CC1OS(=O)(=O)C2C3)C(F)(F)S(=O)(=O)O. The summed E-state index contributed by atoms with van der Waals surface area (Å²) in [5.41, 5.74) is 0. The highest BCUT2D eigenvalue weighted by Crippen LogP contribution is 2.55. The zero-order chi connectivity index (χ0) is 15.8. The Balaban J connectivity index is 1.94. The topological polar surface area (TPSA) is 133 Å². The smallest absolute Gasteiger partial charge is 0.423 e. The molecule has 21 heavy (non-hydrogen) atoms. The third-order valence-corrected chi connectivity index (χ3v) is 6.15. The normalized spacial score (nSPS) is 40.4. The number of alkyl halides is 2. The van der Waals surface area contributed by atoms with Crippen LogP contribution >= 0.6 is 0 Å². The van der Waals surface area contributed by atoms with Crippen molar-refractivity contribution in [2.75, 3.05) is 0 Å². The minimum absolute atomic E-state index is 0.000453. The molecule has 3 aliphatic rings. The van der Waals surface area contributed by atoms with Crippen LogP contribution in [0.3, 0.4) is 0 Å². The molecule has 0 amide bonds. The van der Waals surface area contributed by atoms with Gasteiger partial charge in [-0.05, 0) is 6.42 Å². The number of hydrogen-bond donors (Lipinski definition) is 1. The van der Waals surface area contributed by atoms with Crippen molar-refractivity contribution in [3.05, 3.63) is 0 Å². The van der Waals surface area contributed by atoms with E-state index >= 15 is 0 Å². The van der Waals surface area contributed by atoms with Crippen molar-refractivity contribution in [2.45, 2.75) is 41.3 Å². The first-order valence-corrected chi connectivity index (χ1v) is 8.49. The Bertz CT molecular complexity index is 714. The average Bonchev–Trinajstić information content (AvgIpc) is 2.82. The largest absolute Gasteiger partial charge is 0.465 e. The first kappa shape index (κ1) is 15.0. The Morgan fingerprint density at radius 1 is 1.38 bits per heavy atom. The van der Waals surface area contributed by atoms with Gasteiger partial charge in [-0.15, -0.1) is 0 Å². The van der Waals surface area contributed by atoms with Crippen LogP contribution in [0, 0.1) is 0 Å². The Morgan fingerprint density at radius 2 is 2.00 bits per heavy atom. The van der Waals surface area contributed by atoms with Gasteiger partial charge in [-0.3, -0.25) is 8.74 Å². The van der Waals surface area contributed by atoms with E-state index in [2.05, 4.69) is 8.92 Å². The maximum Gasteiger partial charge on any atom is 0.465 e. The lowest BCUT2D eigenvalue weighted by molar-refractivity contribution is -0.229. The maximum absolute atomic E-state index is 13.2. The molecule has 3 heterocycles. The molecular formula is C8H8F2O9S2. The van der Waals surface area contributed by atoms with Crippen molar-refractivity contribution in [1.82, 2.24) is 0 Å². The van der Waals surface area contributed by atoms with Gasteiger partial charge in [-0.25, -0.2) is 4.79 Å². The van der Waals surface area contributed by atoms with Crippen LogP contribution in [-0.4, -0.2) is 55.9 Å². The molecule has 0 aromatic rings. The van der Waals surface area contributed by atoms with Crippen LogP contribution in [0.1, 0.15) is 12.8 Å². The first-order valence-electron chi connectivity index (χ1n) is 5.58. The molecular weight excluding hydrogens is 342 g/mol. The fourth-order valence-electron chi connectivity index (χ4n) is 2.74. The van der Waals surface area contributed by atoms with E-state index in [0.29, 0.717) is 0 Å². The van der Waals surface area contributed by atoms with Crippen molar-refractivity contribution in [3.8, 4) is 0 Å². The standard InChI is InChI=1S/C8H8F2O9S2/c9-8(10,21(14,15)16)6(11)18-7-4-1-3(17-7)2-5(7)20(12,13)19-4/h3-5H,1-2H2,(H,14,15,16). The van der Waals surface area contributed by atoms with E-state index in [1.807, 2.05) is 0 Å². The van der Waals surface area contributed by atoms with Crippen LogP contribution in [0.2, 0.25) is 0 Å². The molecule has 0 saturated carbocycles. The van der Waals surface area contributed by atoms with Gasteiger partial charge in [0, 0.05) is 6.42 Å². The van der Waals surface area contributed by atoms with E-state index in [-0.39, 0.29) is 12.8 Å². The summed E-state index contributed by atoms with van der Waals surface area (Å²) in [6.45, 7) is 0. The summed E-state index contributed by atoms with van der Waals surface area (Å²) in [5.74, 6) is -4.92. The molecule has 9 nitrogen and oxygen atoms in total. The van der Waals surface area contributed by atoms with E-state index in [1.165, 1.54) is 0 Å². The zero-order valence-electron chi connectivity index (χ0n) is 9.93. The first-order chi connectivity index (χ1) is 9.40. The second kappa shape index (κ2) is 3.90. The van der Waals surface area contributed by atoms with E-state index < -0.39 is 54.7 Å². The van der Waals surface area contributed by atoms with Crippen LogP contribution in [0.25, 0.3) is 0 Å². The van der Waals surface area contributed by atoms with E-state index in [1.54, 1.807) is 0 Å². The molecule has 4 atom stereocenters. The summed E-state index contributed by atoms with van der Waals surface area (Å²) in [6.07, 6.45) is -2.10. The number of fused-ring (bicyclic) bond motifs is 1. The molecule has 3 rings (SSSR count). The summed E-state index contributed by atoms with van der Waals surface area (Å²) < 4.78 is 93.2. The molecule has 3 saturated heterocycles. The molecule has 0 aromatic heterocycles. The second-order valence-electron chi connectivity index (χ2n) is 4.88. The highest BCUT2D eigenvalue weighted by atomic mass is 32.2. The van der Waals surface area contributed by atoms with Gasteiger partial charge in [0.2, 0.25) is 0 Å². The molecule has 1 N–H and O–H groups in total. The van der Waals surface area contributed by atoms with Crippen LogP contribution < -0.4 is 0 Å². The predicted octanol–water partition coefficient (Wildman–Crippen LogP) is -1.00. The summed E-state index contributed by atoms with van der Waals surface area (Å²) in [7, 11) is -10.2. The Labute approximate surface area is 117 Å². The van der Waals surface area contributed by atoms with Crippen molar-refractivity contribution >= 4 is 26.2 Å². The number of halogens is 2. The monoisotopic (exact) mass is 350 g/mol. The molecule has 0 radical (unpaired) electrons. The maximum atomic E-state index is 13.2. The van der Waals surface area contributed by atoms with Crippen LogP contribution in [0.4, 0.5) is 8.78 Å². The number of hydrogen-bond acceptors (Lipinski definition) is 8. The molecule has 3 aliphatic heterocycles. The molecule has 0 aliphatic carbocycles. The van der Waals surface area contributed by atoms with Gasteiger partial charge in [0.1, 0.15) is 6.10 Å². The quantitative estimate of drug-likeness (QED) is 0.386. The van der Waals surface area contributed by atoms with Gasteiger partial charge in [0.05, 0.1) is 6.10 Å². The van der Waals surface area contributed by atoms with Crippen molar-refractivity contribution in [3.63, 3.8) is 0 Å². The summed E-state index contributed by atoms with van der Waals surface area (Å²) in [6, 6.07) is 0. The third kappa shape index (κ3) is 1.84. The average molecular weight is 350 g/mol. The van der Waals surface area contributed by atoms with Gasteiger partial charge in [0.15, 0.2) is 5.25 Å². The fraction of sp³-hybridized carbons (Fsp3) is 0.875. The lowest BCUT2D eigenvalue weighted by Gasteiger charge is -2.28. The summed E-state index contributed by atoms with van der Waals surface area (Å²) in [5, 5.41) is -6.75. The number of rotatable bonds is 3. The van der Waals surface area contributed by atoms with Crippen LogP contribution in [0.15, 0.2) is 0 Å². The summed E-state index contributed by atoms with van der Waals surface area (Å²) in [4.78, 5) is 11.3. The predicted molar refractivity (Wildman–Crippen MR) is 57.0 cm³/mol. The van der Waals surface area contributed by atoms with Gasteiger partial charge < -0.3 is 9.47 Å². The summed E-state index contributed by atoms with van der Waals surface area (Å²) >= 11 is 0. The Hall–Kier alpha value is -0.890. The number of ether oxygens (including phenoxy) is 2. The molecule has 0 spiro atoms. The van der Waals surface area contributed by atoms with Crippen LogP contribution in [-0.2, 0) is 38.7 Å². The fourth-order valence-corrected chi connectivity index (χ4v) is 4.77. The van der Waals surface area contributed by atoms with Gasteiger partial charge in [-0.2, -0.15) is 25.6 Å². The van der Waals surface area contributed by atoms with Gasteiger partial charge in [-0.1, -0.05) is 0 Å². The Kier molecular flexibility index (Phi) is 2.79. The Morgan fingerprint density at radius 3 is 2.52 bits per heavy atom. The number of carbonyl (C=O) groups is 1. The van der Waals surface area contributed by atoms with Crippen molar-refractivity contribution in [2.24, 2.45) is 0 Å². The van der Waals surface area contributed by atoms with E-state index in [9.17, 15) is 30.4 Å². The van der Waals surface area contributed by atoms with E-state index in [4.69, 9.17) is 9.29 Å². The lowest BCUT2D eigenvalue weighted by Crippen LogP contribution is -2.52. The minimum Gasteiger partial charge on any atom is -0.423 e. The highest BCUT2D eigenvalue weighted by molar-refractivity contribution is 7.88. The molecule has 0 aromatic carbocycles. The lowest BCUT2D eigenvalue weighted by atomic mass is 9.94. The third-order valence-electron chi connectivity index (χ3n) is 3.61. The molecule has 13 heteroatoms. The second-order valence-corrected chi connectivity index (χ2v) is 8.09. The minimum atomic E-state index is -6.06. The van der Waals surface area contributed by atoms with Crippen molar-refractivity contribution < 1.29 is 48.6 Å². The zero-order valence-corrected chi connectivity index (χ0v) is 11.6. The molecule has 4 unspecified atom stereocenters.